The van der Waals surface area contributed by atoms with Gasteiger partial charge in [-0.15, -0.1) is 0 Å². The highest BCUT2D eigenvalue weighted by Gasteiger charge is 2.11. The van der Waals surface area contributed by atoms with Crippen LogP contribution in [0.1, 0.15) is 24.0 Å². The monoisotopic (exact) mass is 456 g/mol. The van der Waals surface area contributed by atoms with Gasteiger partial charge < -0.3 is 0 Å². The first-order chi connectivity index (χ1) is 13.9. The zero-order valence-corrected chi connectivity index (χ0v) is 20.4. The highest BCUT2D eigenvalue weighted by Crippen LogP contribution is 2.17. The Balaban J connectivity index is 1.52. The minimum atomic E-state index is 1.11. The molecule has 2 heterocycles. The largest absolute Gasteiger partial charge is 0.297 e. The van der Waals surface area contributed by atoms with Crippen molar-refractivity contribution in [2.75, 3.05) is 72.2 Å². The van der Waals surface area contributed by atoms with Crippen molar-refractivity contribution in [3.63, 3.8) is 0 Å². The summed E-state index contributed by atoms with van der Waals surface area (Å²) in [5.41, 5.74) is 2.99. The van der Waals surface area contributed by atoms with Crippen molar-refractivity contribution in [3.8, 4) is 0 Å². The fourth-order valence-electron chi connectivity index (χ4n) is 3.59. The molecule has 6 heteroatoms. The van der Waals surface area contributed by atoms with Crippen molar-refractivity contribution in [1.29, 1.82) is 0 Å². The third-order valence-corrected chi connectivity index (χ3v) is 9.36. The summed E-state index contributed by atoms with van der Waals surface area (Å²) in [5, 5.41) is 0. The summed E-state index contributed by atoms with van der Waals surface area (Å²) in [6.45, 7) is 7.15. The minimum Gasteiger partial charge on any atom is -0.297 e. The number of hydrogen-bond donors (Lipinski definition) is 0. The van der Waals surface area contributed by atoms with Gasteiger partial charge in [-0.3, -0.25) is 9.80 Å². The van der Waals surface area contributed by atoms with E-state index < -0.39 is 0 Å². The van der Waals surface area contributed by atoms with Crippen LogP contribution in [-0.4, -0.2) is 82.0 Å². The molecular formula is C22H36N2S4. The van der Waals surface area contributed by atoms with E-state index in [1.807, 2.05) is 0 Å². The van der Waals surface area contributed by atoms with Gasteiger partial charge in [0.1, 0.15) is 0 Å². The summed E-state index contributed by atoms with van der Waals surface area (Å²) in [6.07, 6.45) is 2.76. The van der Waals surface area contributed by atoms with E-state index in [9.17, 15) is 0 Å². The highest BCUT2D eigenvalue weighted by molar-refractivity contribution is 8.00. The normalized spacial score (nSPS) is 22.6. The number of hydrogen-bond acceptors (Lipinski definition) is 6. The highest BCUT2D eigenvalue weighted by atomic mass is 32.2. The lowest BCUT2D eigenvalue weighted by Gasteiger charge is -2.25. The Morgan fingerprint density at radius 2 is 0.964 bits per heavy atom. The number of rotatable bonds is 4. The summed E-state index contributed by atoms with van der Waals surface area (Å²) >= 11 is 8.53. The van der Waals surface area contributed by atoms with Gasteiger partial charge in [0.25, 0.3) is 0 Å². The van der Waals surface area contributed by atoms with Gasteiger partial charge in [-0.05, 0) is 47.0 Å². The Kier molecular flexibility index (Phi) is 12.0. The van der Waals surface area contributed by atoms with Crippen LogP contribution in [-0.2, 0) is 13.1 Å². The van der Waals surface area contributed by atoms with Gasteiger partial charge >= 0.3 is 0 Å². The first kappa shape index (κ1) is 23.2. The van der Waals surface area contributed by atoms with Crippen LogP contribution in [0.25, 0.3) is 0 Å². The summed E-state index contributed by atoms with van der Waals surface area (Å²) < 4.78 is 0. The smallest absolute Gasteiger partial charge is 0.0234 e. The molecule has 0 aromatic heterocycles. The van der Waals surface area contributed by atoms with E-state index in [-0.39, 0.29) is 0 Å². The van der Waals surface area contributed by atoms with E-state index in [1.165, 1.54) is 96.2 Å². The van der Waals surface area contributed by atoms with E-state index in [1.54, 1.807) is 0 Å². The first-order valence-electron chi connectivity index (χ1n) is 10.7. The third-order valence-electron chi connectivity index (χ3n) is 5.17. The Morgan fingerprint density at radius 3 is 1.36 bits per heavy atom. The lowest BCUT2D eigenvalue weighted by Crippen LogP contribution is -2.30. The molecule has 2 aliphatic heterocycles. The SMILES string of the molecule is c1cc(CN2CCSCCCSCC2)cc(CN2CCSCCCSCC2)c1. The van der Waals surface area contributed by atoms with Gasteiger partial charge in [0.05, 0.1) is 0 Å². The van der Waals surface area contributed by atoms with E-state index in [4.69, 9.17) is 0 Å². The van der Waals surface area contributed by atoms with Crippen molar-refractivity contribution in [2.24, 2.45) is 0 Å². The van der Waals surface area contributed by atoms with E-state index in [0.29, 0.717) is 0 Å². The first-order valence-corrected chi connectivity index (χ1v) is 15.4. The van der Waals surface area contributed by atoms with Crippen LogP contribution in [0.3, 0.4) is 0 Å². The Morgan fingerprint density at radius 1 is 0.571 bits per heavy atom. The van der Waals surface area contributed by atoms with Crippen LogP contribution in [0.5, 0.6) is 0 Å². The summed E-state index contributed by atoms with van der Waals surface area (Å²) in [6, 6.07) is 9.41. The van der Waals surface area contributed by atoms with Crippen LogP contribution in [0.4, 0.5) is 0 Å². The molecule has 2 nitrogen and oxygen atoms in total. The number of thioether (sulfide) groups is 4. The zero-order chi connectivity index (χ0) is 19.3. The maximum absolute atomic E-state index is 2.67. The molecule has 0 aliphatic carbocycles. The second kappa shape index (κ2) is 14.5. The van der Waals surface area contributed by atoms with Crippen LogP contribution >= 0.6 is 47.0 Å². The summed E-state index contributed by atoms with van der Waals surface area (Å²) in [4.78, 5) is 5.34. The van der Waals surface area contributed by atoms with Crippen molar-refractivity contribution in [1.82, 2.24) is 9.80 Å². The fourth-order valence-corrected chi connectivity index (χ4v) is 7.72. The number of benzene rings is 1. The molecule has 1 aromatic rings. The van der Waals surface area contributed by atoms with Gasteiger partial charge in [-0.1, -0.05) is 24.3 Å². The zero-order valence-electron chi connectivity index (χ0n) is 17.2. The number of nitrogens with zero attached hydrogens (tertiary/aromatic N) is 2. The van der Waals surface area contributed by atoms with E-state index >= 15 is 0 Å². The molecule has 0 N–H and O–H groups in total. The molecule has 0 bridgehead atoms. The molecule has 28 heavy (non-hydrogen) atoms. The van der Waals surface area contributed by atoms with Crippen molar-refractivity contribution in [3.05, 3.63) is 35.4 Å². The van der Waals surface area contributed by atoms with E-state index in [0.717, 1.165) is 13.1 Å². The molecule has 1 aromatic carbocycles. The molecular weight excluding hydrogens is 421 g/mol. The molecule has 2 saturated heterocycles. The average molecular weight is 457 g/mol. The lowest BCUT2D eigenvalue weighted by molar-refractivity contribution is 0.296. The minimum absolute atomic E-state index is 1.11. The average Bonchev–Trinajstić information content (AvgIpc) is 2.72. The van der Waals surface area contributed by atoms with Gasteiger partial charge in [0.2, 0.25) is 0 Å². The Labute approximate surface area is 189 Å². The van der Waals surface area contributed by atoms with Crippen LogP contribution in [0.2, 0.25) is 0 Å². The molecule has 158 valence electrons. The fraction of sp³-hybridized carbons (Fsp3) is 0.727. The predicted octanol–water partition coefficient (Wildman–Crippen LogP) is 5.03. The van der Waals surface area contributed by atoms with Gasteiger partial charge in [0, 0.05) is 62.3 Å². The van der Waals surface area contributed by atoms with Crippen LogP contribution in [0.15, 0.2) is 24.3 Å². The molecule has 0 atom stereocenters. The molecule has 3 rings (SSSR count). The maximum Gasteiger partial charge on any atom is 0.0234 e. The van der Waals surface area contributed by atoms with Crippen molar-refractivity contribution in [2.45, 2.75) is 25.9 Å². The lowest BCUT2D eigenvalue weighted by atomic mass is 10.1. The van der Waals surface area contributed by atoms with E-state index in [2.05, 4.69) is 81.1 Å². The van der Waals surface area contributed by atoms with Gasteiger partial charge in [-0.25, -0.2) is 0 Å². The van der Waals surface area contributed by atoms with Gasteiger partial charge in [-0.2, -0.15) is 47.0 Å². The second-order valence-electron chi connectivity index (χ2n) is 7.53. The molecule has 2 aliphatic rings. The molecule has 0 unspecified atom stereocenters. The predicted molar refractivity (Wildman–Crippen MR) is 136 cm³/mol. The molecule has 2 fully saturated rings. The Hall–Kier alpha value is 0.540. The van der Waals surface area contributed by atoms with Crippen LogP contribution in [0, 0.1) is 0 Å². The molecule has 0 spiro atoms. The van der Waals surface area contributed by atoms with Crippen molar-refractivity contribution < 1.29 is 0 Å². The standard InChI is InChI=1S/C22H36N2S4/c1-4-21(19-23-6-14-25-10-2-11-26-15-7-23)18-22(5-1)20-24-8-16-27-12-3-13-28-17-9-24/h1,4-5,18H,2-3,6-17,19-20H2. The van der Waals surface area contributed by atoms with Crippen LogP contribution < -0.4 is 0 Å². The molecule has 0 saturated carbocycles. The quantitative estimate of drug-likeness (QED) is 0.622. The third kappa shape index (κ3) is 9.57. The summed E-state index contributed by atoms with van der Waals surface area (Å²) in [7, 11) is 0. The molecule has 0 radical (unpaired) electrons. The Bertz CT molecular complexity index is 480. The summed E-state index contributed by atoms with van der Waals surface area (Å²) in [5.74, 6) is 10.5. The second-order valence-corrected chi connectivity index (χ2v) is 12.4. The topological polar surface area (TPSA) is 6.48 Å². The maximum atomic E-state index is 2.67. The van der Waals surface area contributed by atoms with Gasteiger partial charge in [0.15, 0.2) is 0 Å². The molecule has 0 amide bonds. The van der Waals surface area contributed by atoms with Crippen molar-refractivity contribution >= 4 is 47.0 Å².